The summed E-state index contributed by atoms with van der Waals surface area (Å²) in [7, 11) is 0. The molecular formula is C16H20F2O2. The Hall–Kier alpha value is -1.45. The first kappa shape index (κ1) is 14.9. The SMILES string of the molecule is CCC1CCCC(C(=O)c2cccc(OC(F)F)c2)C1. The Morgan fingerprint density at radius 2 is 2.20 bits per heavy atom. The van der Waals surface area contributed by atoms with Crippen molar-refractivity contribution >= 4 is 5.78 Å². The minimum atomic E-state index is -2.86. The molecule has 0 aliphatic heterocycles. The van der Waals surface area contributed by atoms with Crippen molar-refractivity contribution in [2.45, 2.75) is 45.6 Å². The quantitative estimate of drug-likeness (QED) is 0.732. The van der Waals surface area contributed by atoms with E-state index in [0.717, 1.165) is 25.7 Å². The van der Waals surface area contributed by atoms with Gasteiger partial charge in [-0.2, -0.15) is 8.78 Å². The molecule has 0 spiro atoms. The first-order valence-corrected chi connectivity index (χ1v) is 7.19. The summed E-state index contributed by atoms with van der Waals surface area (Å²) in [6.07, 6.45) is 5.17. The molecule has 0 saturated heterocycles. The number of hydrogen-bond acceptors (Lipinski definition) is 2. The second kappa shape index (κ2) is 6.82. The maximum atomic E-state index is 12.5. The summed E-state index contributed by atoms with van der Waals surface area (Å²) in [5.41, 5.74) is 0.477. The van der Waals surface area contributed by atoms with E-state index in [9.17, 15) is 13.6 Å². The van der Waals surface area contributed by atoms with E-state index in [4.69, 9.17) is 0 Å². The van der Waals surface area contributed by atoms with Crippen LogP contribution < -0.4 is 4.74 Å². The van der Waals surface area contributed by atoms with Crippen molar-refractivity contribution in [3.63, 3.8) is 0 Å². The first-order valence-electron chi connectivity index (χ1n) is 7.19. The van der Waals surface area contributed by atoms with Gasteiger partial charge in [-0.05, 0) is 30.9 Å². The standard InChI is InChI=1S/C16H20F2O2/c1-2-11-5-3-6-12(9-11)15(19)13-7-4-8-14(10-13)20-16(17)18/h4,7-8,10-12,16H,2-3,5-6,9H2,1H3. The van der Waals surface area contributed by atoms with E-state index in [0.29, 0.717) is 11.5 Å². The molecule has 2 atom stereocenters. The summed E-state index contributed by atoms with van der Waals surface area (Å²) in [5.74, 6) is 0.741. The minimum Gasteiger partial charge on any atom is -0.435 e. The molecule has 2 unspecified atom stereocenters. The fraction of sp³-hybridized carbons (Fsp3) is 0.562. The number of halogens is 2. The Kier molecular flexibility index (Phi) is 5.10. The fourth-order valence-electron chi connectivity index (χ4n) is 2.96. The van der Waals surface area contributed by atoms with Gasteiger partial charge in [-0.15, -0.1) is 0 Å². The van der Waals surface area contributed by atoms with Gasteiger partial charge >= 0.3 is 6.61 Å². The fourth-order valence-corrected chi connectivity index (χ4v) is 2.96. The largest absolute Gasteiger partial charge is 0.435 e. The van der Waals surface area contributed by atoms with Crippen molar-refractivity contribution in [3.05, 3.63) is 29.8 Å². The topological polar surface area (TPSA) is 26.3 Å². The molecule has 0 heterocycles. The number of ether oxygens (including phenoxy) is 1. The monoisotopic (exact) mass is 282 g/mol. The third-order valence-corrected chi connectivity index (χ3v) is 4.07. The van der Waals surface area contributed by atoms with Crippen LogP contribution >= 0.6 is 0 Å². The number of ketones is 1. The molecule has 2 nitrogen and oxygen atoms in total. The number of benzene rings is 1. The lowest BCUT2D eigenvalue weighted by atomic mass is 9.77. The molecule has 1 aliphatic rings. The minimum absolute atomic E-state index is 0.0236. The predicted octanol–water partition coefficient (Wildman–Crippen LogP) is 4.69. The van der Waals surface area contributed by atoms with Gasteiger partial charge in [0.15, 0.2) is 5.78 Å². The molecule has 1 fully saturated rings. The second-order valence-electron chi connectivity index (χ2n) is 5.41. The summed E-state index contributed by atoms with van der Waals surface area (Å²) in [5, 5.41) is 0. The summed E-state index contributed by atoms with van der Waals surface area (Å²) < 4.78 is 28.7. The average molecular weight is 282 g/mol. The molecule has 1 aromatic carbocycles. The third kappa shape index (κ3) is 3.78. The highest BCUT2D eigenvalue weighted by atomic mass is 19.3. The second-order valence-corrected chi connectivity index (χ2v) is 5.41. The zero-order valence-electron chi connectivity index (χ0n) is 11.6. The van der Waals surface area contributed by atoms with Crippen LogP contribution in [0.4, 0.5) is 8.78 Å². The highest BCUT2D eigenvalue weighted by molar-refractivity contribution is 5.98. The van der Waals surface area contributed by atoms with E-state index in [2.05, 4.69) is 11.7 Å². The van der Waals surface area contributed by atoms with E-state index in [1.54, 1.807) is 12.1 Å². The van der Waals surface area contributed by atoms with E-state index >= 15 is 0 Å². The van der Waals surface area contributed by atoms with Crippen LogP contribution in [0, 0.1) is 11.8 Å². The molecule has 0 bridgehead atoms. The Balaban J connectivity index is 2.08. The van der Waals surface area contributed by atoms with Crippen LogP contribution in [0.25, 0.3) is 0 Å². The van der Waals surface area contributed by atoms with Crippen molar-refractivity contribution in [2.75, 3.05) is 0 Å². The van der Waals surface area contributed by atoms with Crippen LogP contribution in [-0.2, 0) is 0 Å². The van der Waals surface area contributed by atoms with Crippen molar-refractivity contribution in [1.29, 1.82) is 0 Å². The third-order valence-electron chi connectivity index (χ3n) is 4.07. The normalized spacial score (nSPS) is 22.8. The zero-order valence-corrected chi connectivity index (χ0v) is 11.6. The first-order chi connectivity index (χ1) is 9.60. The van der Waals surface area contributed by atoms with Crippen molar-refractivity contribution < 1.29 is 18.3 Å². The molecule has 0 N–H and O–H groups in total. The van der Waals surface area contributed by atoms with Crippen molar-refractivity contribution in [1.82, 2.24) is 0 Å². The molecule has 20 heavy (non-hydrogen) atoms. The van der Waals surface area contributed by atoms with E-state index in [-0.39, 0.29) is 17.5 Å². The van der Waals surface area contributed by atoms with Crippen LogP contribution in [0.1, 0.15) is 49.4 Å². The van der Waals surface area contributed by atoms with Gasteiger partial charge in [0, 0.05) is 11.5 Å². The molecule has 0 radical (unpaired) electrons. The molecule has 4 heteroatoms. The maximum Gasteiger partial charge on any atom is 0.387 e. The van der Waals surface area contributed by atoms with Crippen LogP contribution in [0.3, 0.4) is 0 Å². The summed E-state index contributed by atoms with van der Waals surface area (Å²) >= 11 is 0. The lowest BCUT2D eigenvalue weighted by molar-refractivity contribution is -0.0498. The van der Waals surface area contributed by atoms with E-state index in [1.807, 2.05) is 0 Å². The molecule has 0 amide bonds. The highest BCUT2D eigenvalue weighted by Gasteiger charge is 2.27. The molecule has 1 aliphatic carbocycles. The number of carbonyl (C=O) groups excluding carboxylic acids is 1. The highest BCUT2D eigenvalue weighted by Crippen LogP contribution is 2.33. The maximum absolute atomic E-state index is 12.5. The van der Waals surface area contributed by atoms with Crippen molar-refractivity contribution in [3.8, 4) is 5.75 Å². The van der Waals surface area contributed by atoms with E-state index < -0.39 is 6.61 Å². The van der Waals surface area contributed by atoms with Crippen LogP contribution in [0.5, 0.6) is 5.75 Å². The Labute approximate surface area is 118 Å². The molecule has 110 valence electrons. The smallest absolute Gasteiger partial charge is 0.387 e. The van der Waals surface area contributed by atoms with Gasteiger partial charge in [-0.1, -0.05) is 38.3 Å². The van der Waals surface area contributed by atoms with Gasteiger partial charge in [-0.3, -0.25) is 4.79 Å². The number of alkyl halides is 2. The van der Waals surface area contributed by atoms with Crippen LogP contribution in [0.2, 0.25) is 0 Å². The Morgan fingerprint density at radius 3 is 2.90 bits per heavy atom. The summed E-state index contributed by atoms with van der Waals surface area (Å²) in [6.45, 7) is -0.714. The van der Waals surface area contributed by atoms with Gasteiger partial charge in [0.25, 0.3) is 0 Å². The van der Waals surface area contributed by atoms with Crippen LogP contribution in [-0.4, -0.2) is 12.4 Å². The predicted molar refractivity (Wildman–Crippen MR) is 73.1 cm³/mol. The average Bonchev–Trinajstić information content (AvgIpc) is 2.46. The molecule has 0 aromatic heterocycles. The number of rotatable bonds is 5. The number of hydrogen-bond donors (Lipinski definition) is 0. The molecule has 1 aromatic rings. The van der Waals surface area contributed by atoms with E-state index in [1.165, 1.54) is 18.6 Å². The van der Waals surface area contributed by atoms with Gasteiger partial charge in [0.1, 0.15) is 5.75 Å². The van der Waals surface area contributed by atoms with Gasteiger partial charge in [-0.25, -0.2) is 0 Å². The molecule has 1 saturated carbocycles. The van der Waals surface area contributed by atoms with Crippen molar-refractivity contribution in [2.24, 2.45) is 11.8 Å². The van der Waals surface area contributed by atoms with Gasteiger partial charge < -0.3 is 4.74 Å². The molecular weight excluding hydrogens is 262 g/mol. The zero-order chi connectivity index (χ0) is 14.5. The summed E-state index contributed by atoms with van der Waals surface area (Å²) in [4.78, 5) is 12.5. The summed E-state index contributed by atoms with van der Waals surface area (Å²) in [6, 6.07) is 6.13. The molecule has 2 rings (SSSR count). The number of carbonyl (C=O) groups is 1. The Bertz CT molecular complexity index is 460. The lowest BCUT2D eigenvalue weighted by Crippen LogP contribution is -2.22. The lowest BCUT2D eigenvalue weighted by Gasteiger charge is -2.27. The van der Waals surface area contributed by atoms with Crippen LogP contribution in [0.15, 0.2) is 24.3 Å². The van der Waals surface area contributed by atoms with Gasteiger partial charge in [0.2, 0.25) is 0 Å². The van der Waals surface area contributed by atoms with Gasteiger partial charge in [0.05, 0.1) is 0 Å². The Morgan fingerprint density at radius 1 is 1.40 bits per heavy atom. The number of Topliss-reactive ketones (excluding diaryl/α,β-unsaturated/α-hetero) is 1.